The Kier molecular flexibility index (Phi) is 9.66. The molecule has 0 radical (unpaired) electrons. The summed E-state index contributed by atoms with van der Waals surface area (Å²) in [6.45, 7) is 4.85. The Labute approximate surface area is 158 Å². The lowest BCUT2D eigenvalue weighted by Crippen LogP contribution is -2.30. The van der Waals surface area contributed by atoms with Crippen LogP contribution in [-0.4, -0.2) is 32.4 Å². The summed E-state index contributed by atoms with van der Waals surface area (Å²) in [6, 6.07) is 0. The lowest BCUT2D eigenvalue weighted by atomic mass is 10.2. The van der Waals surface area contributed by atoms with Gasteiger partial charge in [0.05, 0.1) is 13.6 Å². The molecule has 0 aliphatic carbocycles. The normalized spacial score (nSPS) is 13.0. The van der Waals surface area contributed by atoms with Gasteiger partial charge in [-0.25, -0.2) is 26.0 Å². The van der Waals surface area contributed by atoms with Gasteiger partial charge in [-0.2, -0.15) is 26.3 Å². The van der Waals surface area contributed by atoms with Crippen molar-refractivity contribution < 1.29 is 47.7 Å². The van der Waals surface area contributed by atoms with Crippen molar-refractivity contribution in [3.05, 3.63) is 35.5 Å². The monoisotopic (exact) mass is 459 g/mol. The molecule has 0 fully saturated rings. The number of aryl methyl sites for hydroxylation is 2. The fourth-order valence-corrected chi connectivity index (χ4v) is 3.32. The predicted molar refractivity (Wildman–Crippen MR) is 87.6 cm³/mol. The highest BCUT2D eigenvalue weighted by molar-refractivity contribution is 8.13. The topological polar surface area (TPSA) is 91.2 Å². The minimum absolute atomic E-state index is 0.778. The van der Waals surface area contributed by atoms with Crippen molar-refractivity contribution in [1.82, 2.24) is 4.57 Å². The lowest BCUT2D eigenvalue weighted by molar-refractivity contribution is -0.671. The van der Waals surface area contributed by atoms with Crippen LogP contribution in [0.5, 0.6) is 0 Å². The summed E-state index contributed by atoms with van der Waals surface area (Å²) in [6.07, 6.45) is 13.3. The van der Waals surface area contributed by atoms with Crippen LogP contribution in [0.1, 0.15) is 25.7 Å². The summed E-state index contributed by atoms with van der Waals surface area (Å²) < 4.78 is 113. The largest absolute Gasteiger partial charge is 0.480 e. The molecule has 164 valence electrons. The highest BCUT2D eigenvalue weighted by atomic mass is 32.3. The number of rotatable bonds is 8. The molecule has 0 aliphatic heterocycles. The number of unbranched alkanes of at least 4 members (excludes halogenated alkanes) is 3. The Bertz CT molecular complexity index is 787. The van der Waals surface area contributed by atoms with Gasteiger partial charge in [-0.15, -0.1) is 6.58 Å². The lowest BCUT2D eigenvalue weighted by Gasteiger charge is -2.22. The maximum Gasteiger partial charge on any atom is 0.480 e. The molecule has 0 amide bonds. The quantitative estimate of drug-likeness (QED) is 0.259. The second-order valence-electron chi connectivity index (χ2n) is 5.37. The van der Waals surface area contributed by atoms with Crippen LogP contribution in [0.15, 0.2) is 31.4 Å². The van der Waals surface area contributed by atoms with E-state index in [1.807, 2.05) is 13.1 Å². The molecule has 0 aromatic carbocycles. The Hall–Kier alpha value is -1.61. The molecule has 1 rings (SSSR count). The Morgan fingerprint density at radius 1 is 1.00 bits per heavy atom. The summed E-state index contributed by atoms with van der Waals surface area (Å²) in [5.41, 5.74) is -12.4. The van der Waals surface area contributed by atoms with Crippen LogP contribution in [0.2, 0.25) is 0 Å². The van der Waals surface area contributed by atoms with Gasteiger partial charge in [0.1, 0.15) is 12.4 Å². The number of imidazole rings is 1. The van der Waals surface area contributed by atoms with Crippen molar-refractivity contribution in [3.63, 3.8) is 0 Å². The van der Waals surface area contributed by atoms with Gasteiger partial charge in [0.15, 0.2) is 20.0 Å². The fraction of sp³-hybridized carbons (Fsp3) is 0.615. The van der Waals surface area contributed by atoms with Crippen molar-refractivity contribution >= 4 is 20.0 Å². The van der Waals surface area contributed by atoms with Gasteiger partial charge in [-0.3, -0.25) is 0 Å². The Morgan fingerprint density at radius 3 is 1.86 bits per heavy atom. The van der Waals surface area contributed by atoms with Crippen molar-refractivity contribution in [2.75, 3.05) is 0 Å². The maximum atomic E-state index is 11.4. The number of hydrogen-bond acceptors (Lipinski definition) is 4. The van der Waals surface area contributed by atoms with Crippen molar-refractivity contribution in [3.8, 4) is 0 Å². The summed E-state index contributed by atoms with van der Waals surface area (Å²) >= 11 is 0. The highest BCUT2D eigenvalue weighted by Crippen LogP contribution is 2.36. The van der Waals surface area contributed by atoms with E-state index < -0.39 is 31.1 Å². The number of allylic oxidation sites excluding steroid dienone is 1. The third-order valence-corrected chi connectivity index (χ3v) is 5.67. The number of halogens is 6. The Balaban J connectivity index is 0.000000525. The third-order valence-electron chi connectivity index (χ3n) is 2.93. The van der Waals surface area contributed by atoms with Gasteiger partial charge < -0.3 is 4.13 Å². The molecule has 0 unspecified atom stereocenters. The second kappa shape index (κ2) is 10.2. The second-order valence-corrected chi connectivity index (χ2v) is 8.79. The highest BCUT2D eigenvalue weighted by Gasteiger charge is 2.46. The van der Waals surface area contributed by atoms with Crippen LogP contribution in [0.3, 0.4) is 0 Å². The van der Waals surface area contributed by atoms with E-state index in [0.29, 0.717) is 0 Å². The molecule has 0 bridgehead atoms. The molecule has 0 N–H and O–H groups in total. The Morgan fingerprint density at radius 2 is 1.50 bits per heavy atom. The minimum Gasteiger partial charge on any atom is -0.421 e. The molecule has 0 saturated carbocycles. The van der Waals surface area contributed by atoms with E-state index >= 15 is 0 Å². The summed E-state index contributed by atoms with van der Waals surface area (Å²) in [4.78, 5) is 0. The van der Waals surface area contributed by atoms with Crippen molar-refractivity contribution in [2.45, 2.75) is 43.2 Å². The molecule has 15 heteroatoms. The molecule has 1 aromatic heterocycles. The van der Waals surface area contributed by atoms with Gasteiger partial charge in [0.25, 0.3) is 0 Å². The molecule has 28 heavy (non-hydrogen) atoms. The molecule has 0 atom stereocenters. The molecule has 0 aliphatic rings. The van der Waals surface area contributed by atoms with Crippen molar-refractivity contribution in [1.29, 1.82) is 0 Å². The molecule has 1 heterocycles. The zero-order valence-corrected chi connectivity index (χ0v) is 16.2. The first kappa shape index (κ1) is 26.4. The van der Waals surface area contributed by atoms with E-state index in [0.717, 1.165) is 17.1 Å². The molecular formula is C13H19F6N3O4S2. The summed E-state index contributed by atoms with van der Waals surface area (Å²) in [5.74, 6) is 0. The van der Waals surface area contributed by atoms with Gasteiger partial charge in [-0.1, -0.05) is 6.08 Å². The average molecular weight is 459 g/mol. The van der Waals surface area contributed by atoms with Gasteiger partial charge >= 0.3 is 11.0 Å². The van der Waals surface area contributed by atoms with Gasteiger partial charge in [0.2, 0.25) is 6.33 Å². The van der Waals surface area contributed by atoms with Crippen LogP contribution in [0.25, 0.3) is 4.13 Å². The maximum absolute atomic E-state index is 11.4. The summed E-state index contributed by atoms with van der Waals surface area (Å²) in [5, 5.41) is 0. The molecule has 0 saturated heterocycles. The first-order valence-electron chi connectivity index (χ1n) is 7.52. The van der Waals surface area contributed by atoms with E-state index in [2.05, 4.69) is 34.4 Å². The van der Waals surface area contributed by atoms with E-state index in [1.165, 1.54) is 19.3 Å². The third kappa shape index (κ3) is 9.05. The van der Waals surface area contributed by atoms with Crippen LogP contribution < -0.4 is 4.57 Å². The van der Waals surface area contributed by atoms with Crippen LogP contribution in [-0.2, 0) is 33.6 Å². The fourth-order valence-electron chi connectivity index (χ4n) is 1.61. The smallest absolute Gasteiger partial charge is 0.421 e. The zero-order chi connectivity index (χ0) is 22.2. The number of aromatic nitrogens is 2. The van der Waals surface area contributed by atoms with E-state index in [4.69, 9.17) is 0 Å². The number of alkyl halides is 6. The number of nitrogens with zero attached hydrogens (tertiary/aromatic N) is 3. The number of sulfonamides is 2. The molecule has 1 aromatic rings. The van der Waals surface area contributed by atoms with Gasteiger partial charge in [-0.05, 0) is 25.7 Å². The first-order chi connectivity index (χ1) is 12.5. The zero-order valence-electron chi connectivity index (χ0n) is 14.6. The standard InChI is InChI=1S/C11H19N2.C2F6NO4S2/c1-3-4-5-6-7-8-13-10-9-12(2)11-13;3-1(4,5)14(10,11)9-15(12,13)2(6,7)8/h3,9-11H,1,4-8H2,2H3;/q+1;-1. The van der Waals surface area contributed by atoms with Crippen molar-refractivity contribution in [2.24, 2.45) is 7.05 Å². The first-order valence-corrected chi connectivity index (χ1v) is 10.4. The SMILES string of the molecule is C=CCCCCCn1cc[n+](C)c1.O=S(=O)([N-]S(=O)(=O)C(F)(F)F)C(F)(F)F. The average Bonchev–Trinajstić information content (AvgIpc) is 2.90. The van der Waals surface area contributed by atoms with Gasteiger partial charge in [0, 0.05) is 0 Å². The van der Waals surface area contributed by atoms with Crippen LogP contribution >= 0.6 is 0 Å². The minimum atomic E-state index is -6.72. The van der Waals surface area contributed by atoms with E-state index in [-0.39, 0.29) is 0 Å². The molecule has 0 spiro atoms. The van der Waals surface area contributed by atoms with E-state index in [1.54, 1.807) is 0 Å². The number of hydrogen-bond donors (Lipinski definition) is 0. The van der Waals surface area contributed by atoms with E-state index in [9.17, 15) is 43.2 Å². The predicted octanol–water partition coefficient (Wildman–Crippen LogP) is 3.12. The van der Waals surface area contributed by atoms with Crippen LogP contribution in [0.4, 0.5) is 26.3 Å². The molecule has 7 nitrogen and oxygen atoms in total. The summed E-state index contributed by atoms with van der Waals surface area (Å²) in [7, 11) is -11.4. The molecular weight excluding hydrogens is 440 g/mol. The van der Waals surface area contributed by atoms with Crippen LogP contribution in [0, 0.1) is 0 Å².